The van der Waals surface area contributed by atoms with Gasteiger partial charge in [0.25, 0.3) is 0 Å². The molecule has 0 aromatic heterocycles. The molecule has 0 saturated heterocycles. The van der Waals surface area contributed by atoms with Gasteiger partial charge in [0.15, 0.2) is 5.82 Å². The highest BCUT2D eigenvalue weighted by Crippen LogP contribution is 2.23. The topological polar surface area (TPSA) is 38.3 Å². The summed E-state index contributed by atoms with van der Waals surface area (Å²) in [5, 5.41) is 0. The number of halogens is 2. The minimum Gasteiger partial charge on any atom is -0.343 e. The third kappa shape index (κ3) is 3.20. The summed E-state index contributed by atoms with van der Waals surface area (Å²) in [6.45, 7) is 5.15. The lowest BCUT2D eigenvalue weighted by Gasteiger charge is -2.16. The molecule has 88 valence electrons. The van der Waals surface area contributed by atoms with E-state index in [4.69, 9.17) is 4.84 Å². The zero-order chi connectivity index (χ0) is 12.3. The standard InChI is InChI=1S/C11H13BrFNO2/c1-11(2,3)10(15)16-14-8-6-4-5-7(12)9(8)13/h4-6,14H,1-3H3. The Kier molecular flexibility index (Phi) is 3.91. The van der Waals surface area contributed by atoms with Gasteiger partial charge >= 0.3 is 5.97 Å². The molecule has 5 heteroatoms. The van der Waals surface area contributed by atoms with Gasteiger partial charge < -0.3 is 4.84 Å². The number of hydrogen-bond acceptors (Lipinski definition) is 3. The molecular formula is C11H13BrFNO2. The van der Waals surface area contributed by atoms with Gasteiger partial charge in [0.2, 0.25) is 0 Å². The summed E-state index contributed by atoms with van der Waals surface area (Å²) in [5.74, 6) is -0.948. The van der Waals surface area contributed by atoms with E-state index in [0.29, 0.717) is 4.47 Å². The number of carbonyl (C=O) groups excluding carboxylic acids is 1. The van der Waals surface area contributed by atoms with Gasteiger partial charge in [0, 0.05) is 0 Å². The molecule has 0 amide bonds. The second-order valence-electron chi connectivity index (χ2n) is 4.34. The highest BCUT2D eigenvalue weighted by atomic mass is 79.9. The molecule has 1 aromatic rings. The van der Waals surface area contributed by atoms with Crippen LogP contribution in [-0.4, -0.2) is 5.97 Å². The minimum absolute atomic E-state index is 0.118. The van der Waals surface area contributed by atoms with Crippen LogP contribution in [0.1, 0.15) is 20.8 Å². The van der Waals surface area contributed by atoms with Crippen LogP contribution in [0.5, 0.6) is 0 Å². The van der Waals surface area contributed by atoms with Gasteiger partial charge in [-0.15, -0.1) is 0 Å². The first-order chi connectivity index (χ1) is 7.32. The first-order valence-electron chi connectivity index (χ1n) is 4.73. The van der Waals surface area contributed by atoms with E-state index in [1.165, 1.54) is 6.07 Å². The highest BCUT2D eigenvalue weighted by Gasteiger charge is 2.24. The predicted octanol–water partition coefficient (Wildman–Crippen LogP) is 3.50. The molecule has 1 N–H and O–H groups in total. The molecular weight excluding hydrogens is 277 g/mol. The molecule has 0 spiro atoms. The molecule has 0 bridgehead atoms. The fourth-order valence-corrected chi connectivity index (χ4v) is 1.20. The largest absolute Gasteiger partial charge is 0.343 e. The van der Waals surface area contributed by atoms with Gasteiger partial charge in [-0.2, -0.15) is 0 Å². The summed E-state index contributed by atoms with van der Waals surface area (Å²) in [5.41, 5.74) is 1.79. The van der Waals surface area contributed by atoms with Gasteiger partial charge in [0.05, 0.1) is 9.89 Å². The van der Waals surface area contributed by atoms with E-state index in [1.54, 1.807) is 32.9 Å². The fourth-order valence-electron chi connectivity index (χ4n) is 0.837. The second-order valence-corrected chi connectivity index (χ2v) is 5.20. The number of anilines is 1. The molecule has 0 unspecified atom stereocenters. The molecule has 1 rings (SSSR count). The Hall–Kier alpha value is -1.10. The summed E-state index contributed by atoms with van der Waals surface area (Å²) in [6, 6.07) is 4.68. The smallest absolute Gasteiger partial charge is 0.337 e. The predicted molar refractivity (Wildman–Crippen MR) is 63.3 cm³/mol. The van der Waals surface area contributed by atoms with Crippen LogP contribution in [0, 0.1) is 11.2 Å². The Morgan fingerprint density at radius 1 is 1.44 bits per heavy atom. The monoisotopic (exact) mass is 289 g/mol. The normalized spacial score (nSPS) is 11.1. The van der Waals surface area contributed by atoms with Crippen molar-refractivity contribution in [1.29, 1.82) is 0 Å². The van der Waals surface area contributed by atoms with E-state index in [9.17, 15) is 9.18 Å². The van der Waals surface area contributed by atoms with Gasteiger partial charge in [-0.25, -0.2) is 14.7 Å². The SMILES string of the molecule is CC(C)(C)C(=O)ONc1cccc(Br)c1F. The maximum absolute atomic E-state index is 13.4. The van der Waals surface area contributed by atoms with E-state index in [1.807, 2.05) is 0 Å². The molecule has 0 atom stereocenters. The lowest BCUT2D eigenvalue weighted by atomic mass is 9.98. The van der Waals surface area contributed by atoms with Crippen LogP contribution in [0.4, 0.5) is 10.1 Å². The molecule has 16 heavy (non-hydrogen) atoms. The molecule has 0 fully saturated rings. The average Bonchev–Trinajstić information content (AvgIpc) is 2.18. The quantitative estimate of drug-likeness (QED) is 0.847. The Morgan fingerprint density at radius 3 is 2.62 bits per heavy atom. The van der Waals surface area contributed by atoms with Gasteiger partial charge in [0.1, 0.15) is 5.69 Å². The molecule has 0 aliphatic carbocycles. The summed E-state index contributed by atoms with van der Waals surface area (Å²) in [7, 11) is 0. The van der Waals surface area contributed by atoms with Crippen LogP contribution in [0.15, 0.2) is 22.7 Å². The van der Waals surface area contributed by atoms with Crippen LogP contribution in [0.3, 0.4) is 0 Å². The van der Waals surface area contributed by atoms with Crippen LogP contribution in [0.2, 0.25) is 0 Å². The Morgan fingerprint density at radius 2 is 2.06 bits per heavy atom. The summed E-state index contributed by atoms with van der Waals surface area (Å²) in [6.07, 6.45) is 0. The van der Waals surface area contributed by atoms with Crippen LogP contribution < -0.4 is 5.48 Å². The van der Waals surface area contributed by atoms with Crippen molar-refractivity contribution in [2.24, 2.45) is 5.41 Å². The van der Waals surface area contributed by atoms with Crippen molar-refractivity contribution < 1.29 is 14.0 Å². The summed E-state index contributed by atoms with van der Waals surface area (Å²) in [4.78, 5) is 16.2. The van der Waals surface area contributed by atoms with Gasteiger partial charge in [-0.1, -0.05) is 6.07 Å². The van der Waals surface area contributed by atoms with E-state index in [-0.39, 0.29) is 5.69 Å². The summed E-state index contributed by atoms with van der Waals surface area (Å²) >= 11 is 3.04. The Balaban J connectivity index is 2.69. The van der Waals surface area contributed by atoms with Crippen LogP contribution in [-0.2, 0) is 9.63 Å². The Bertz CT molecular complexity index is 401. The third-order valence-corrected chi connectivity index (χ3v) is 2.43. The van der Waals surface area contributed by atoms with Crippen molar-refractivity contribution in [2.75, 3.05) is 5.48 Å². The van der Waals surface area contributed by atoms with Crippen molar-refractivity contribution in [3.05, 3.63) is 28.5 Å². The number of carbonyl (C=O) groups is 1. The lowest BCUT2D eigenvalue weighted by Crippen LogP contribution is -2.25. The van der Waals surface area contributed by atoms with Crippen molar-refractivity contribution >= 4 is 27.6 Å². The molecule has 0 saturated carbocycles. The molecule has 0 radical (unpaired) electrons. The number of benzene rings is 1. The maximum atomic E-state index is 13.4. The lowest BCUT2D eigenvalue weighted by molar-refractivity contribution is -0.149. The second kappa shape index (κ2) is 4.82. The third-order valence-electron chi connectivity index (χ3n) is 1.82. The zero-order valence-electron chi connectivity index (χ0n) is 9.30. The Labute approximate surface area is 102 Å². The first kappa shape index (κ1) is 13.0. The fraction of sp³-hybridized carbons (Fsp3) is 0.364. The zero-order valence-corrected chi connectivity index (χ0v) is 10.9. The van der Waals surface area contributed by atoms with Crippen molar-refractivity contribution in [3.63, 3.8) is 0 Å². The molecule has 1 aromatic carbocycles. The van der Waals surface area contributed by atoms with E-state index in [2.05, 4.69) is 21.4 Å². The molecule has 0 aliphatic rings. The molecule has 0 aliphatic heterocycles. The van der Waals surface area contributed by atoms with Gasteiger partial charge in [-0.05, 0) is 48.8 Å². The summed E-state index contributed by atoms with van der Waals surface area (Å²) < 4.78 is 13.8. The van der Waals surface area contributed by atoms with Crippen molar-refractivity contribution in [2.45, 2.75) is 20.8 Å². The van der Waals surface area contributed by atoms with E-state index >= 15 is 0 Å². The van der Waals surface area contributed by atoms with E-state index in [0.717, 1.165) is 0 Å². The van der Waals surface area contributed by atoms with Crippen LogP contribution in [0.25, 0.3) is 0 Å². The first-order valence-corrected chi connectivity index (χ1v) is 5.53. The average molecular weight is 290 g/mol. The van der Waals surface area contributed by atoms with Crippen molar-refractivity contribution in [1.82, 2.24) is 0 Å². The molecule has 0 heterocycles. The number of nitrogens with one attached hydrogen (secondary N) is 1. The van der Waals surface area contributed by atoms with E-state index < -0.39 is 17.2 Å². The minimum atomic E-state index is -0.629. The van der Waals surface area contributed by atoms with Crippen molar-refractivity contribution in [3.8, 4) is 0 Å². The number of hydrogen-bond donors (Lipinski definition) is 1. The highest BCUT2D eigenvalue weighted by molar-refractivity contribution is 9.10. The van der Waals surface area contributed by atoms with Gasteiger partial charge in [-0.3, -0.25) is 0 Å². The maximum Gasteiger partial charge on any atom is 0.337 e. The number of rotatable bonds is 2. The van der Waals surface area contributed by atoms with Crippen LogP contribution >= 0.6 is 15.9 Å². The molecule has 3 nitrogen and oxygen atoms in total.